The third-order valence-electron chi connectivity index (χ3n) is 2.58. The van der Waals surface area contributed by atoms with Crippen LogP contribution >= 0.6 is 0 Å². The van der Waals surface area contributed by atoms with E-state index < -0.39 is 5.97 Å². The van der Waals surface area contributed by atoms with Crippen molar-refractivity contribution in [3.05, 3.63) is 43.0 Å². The summed E-state index contributed by atoms with van der Waals surface area (Å²) in [4.78, 5) is 14.3. The van der Waals surface area contributed by atoms with E-state index in [2.05, 4.69) is 4.98 Å². The molecule has 2 rings (SSSR count). The Hall–Kier alpha value is -2.34. The maximum atomic E-state index is 10.3. The molecule has 0 spiro atoms. The molecule has 20 heavy (non-hydrogen) atoms. The third kappa shape index (κ3) is 4.40. The van der Waals surface area contributed by atoms with E-state index in [0.717, 1.165) is 11.4 Å². The molecule has 0 saturated carbocycles. The molecule has 0 radical (unpaired) electrons. The Morgan fingerprint density at radius 3 is 2.95 bits per heavy atom. The zero-order valence-corrected chi connectivity index (χ0v) is 10.9. The van der Waals surface area contributed by atoms with Gasteiger partial charge in [0.15, 0.2) is 0 Å². The Bertz CT molecular complexity index is 540. The van der Waals surface area contributed by atoms with Gasteiger partial charge in [0.1, 0.15) is 12.4 Å². The molecule has 1 heterocycles. The molecule has 0 fully saturated rings. The molecular formula is C14H16N2O4. The van der Waals surface area contributed by atoms with Crippen molar-refractivity contribution in [1.82, 2.24) is 9.55 Å². The second kappa shape index (κ2) is 7.30. The van der Waals surface area contributed by atoms with Crippen molar-refractivity contribution in [2.24, 2.45) is 0 Å². The molecule has 1 N–H and O–H groups in total. The molecule has 0 aliphatic rings. The molecule has 1 aromatic carbocycles. The van der Waals surface area contributed by atoms with Gasteiger partial charge in [-0.3, -0.25) is 4.79 Å². The molecule has 0 saturated heterocycles. The van der Waals surface area contributed by atoms with E-state index in [1.54, 1.807) is 12.5 Å². The second-order valence-corrected chi connectivity index (χ2v) is 4.07. The van der Waals surface area contributed by atoms with Crippen LogP contribution < -0.4 is 4.74 Å². The van der Waals surface area contributed by atoms with Gasteiger partial charge in [0.25, 0.3) is 0 Å². The number of hydrogen-bond acceptors (Lipinski definition) is 4. The third-order valence-corrected chi connectivity index (χ3v) is 2.58. The van der Waals surface area contributed by atoms with Crippen LogP contribution in [0.2, 0.25) is 0 Å². The van der Waals surface area contributed by atoms with Crippen LogP contribution in [0.1, 0.15) is 6.42 Å². The Morgan fingerprint density at radius 1 is 1.30 bits per heavy atom. The molecule has 6 heteroatoms. The fourth-order valence-electron chi connectivity index (χ4n) is 1.63. The topological polar surface area (TPSA) is 73.6 Å². The number of carboxylic acids is 1. The van der Waals surface area contributed by atoms with Crippen LogP contribution in [0.15, 0.2) is 43.0 Å². The molecule has 0 unspecified atom stereocenters. The summed E-state index contributed by atoms with van der Waals surface area (Å²) in [5.41, 5.74) is 0.965. The zero-order valence-electron chi connectivity index (χ0n) is 10.9. The molecule has 0 amide bonds. The lowest BCUT2D eigenvalue weighted by Gasteiger charge is -2.08. The van der Waals surface area contributed by atoms with Crippen LogP contribution in [0.3, 0.4) is 0 Å². The fourth-order valence-corrected chi connectivity index (χ4v) is 1.63. The number of aliphatic carboxylic acids is 1. The van der Waals surface area contributed by atoms with Gasteiger partial charge in [0.05, 0.1) is 31.6 Å². The Balaban J connectivity index is 1.76. The van der Waals surface area contributed by atoms with Gasteiger partial charge in [-0.1, -0.05) is 6.07 Å². The predicted molar refractivity (Wildman–Crippen MR) is 72.1 cm³/mol. The zero-order chi connectivity index (χ0) is 14.2. The highest BCUT2D eigenvalue weighted by Gasteiger charge is 2.00. The molecular weight excluding hydrogens is 260 g/mol. The maximum absolute atomic E-state index is 10.3. The summed E-state index contributed by atoms with van der Waals surface area (Å²) >= 11 is 0. The van der Waals surface area contributed by atoms with Crippen molar-refractivity contribution in [2.75, 3.05) is 19.8 Å². The Morgan fingerprint density at radius 2 is 2.20 bits per heavy atom. The average molecular weight is 276 g/mol. The van der Waals surface area contributed by atoms with Crippen LogP contribution in [0.4, 0.5) is 0 Å². The van der Waals surface area contributed by atoms with Crippen molar-refractivity contribution in [3.63, 3.8) is 0 Å². The molecule has 0 bridgehead atoms. The number of ether oxygens (including phenoxy) is 2. The SMILES string of the molecule is O=C(O)CCOCCOc1cccc(-n2ccnc2)c1. The lowest BCUT2D eigenvalue weighted by Crippen LogP contribution is -2.09. The molecule has 0 atom stereocenters. The number of hydrogen-bond donors (Lipinski definition) is 1. The first-order chi connectivity index (χ1) is 9.75. The van der Waals surface area contributed by atoms with E-state index in [1.165, 1.54) is 0 Å². The number of nitrogens with zero attached hydrogens (tertiary/aromatic N) is 2. The van der Waals surface area contributed by atoms with Gasteiger partial charge in [-0.25, -0.2) is 4.98 Å². The molecule has 106 valence electrons. The number of benzene rings is 1. The number of aromatic nitrogens is 2. The fraction of sp³-hybridized carbons (Fsp3) is 0.286. The Labute approximate surface area is 116 Å². The number of rotatable bonds is 8. The molecule has 6 nitrogen and oxygen atoms in total. The molecule has 2 aromatic rings. The molecule has 0 aliphatic carbocycles. The highest BCUT2D eigenvalue weighted by molar-refractivity contribution is 5.66. The van der Waals surface area contributed by atoms with Crippen LogP contribution in [0.25, 0.3) is 5.69 Å². The summed E-state index contributed by atoms with van der Waals surface area (Å²) in [6.07, 6.45) is 5.29. The molecule has 0 aliphatic heterocycles. The minimum absolute atomic E-state index is 0.0100. The summed E-state index contributed by atoms with van der Waals surface area (Å²) in [6, 6.07) is 7.62. The highest BCUT2D eigenvalue weighted by atomic mass is 16.5. The lowest BCUT2D eigenvalue weighted by molar-refractivity contribution is -0.138. The van der Waals surface area contributed by atoms with E-state index >= 15 is 0 Å². The monoisotopic (exact) mass is 276 g/mol. The van der Waals surface area contributed by atoms with Gasteiger partial charge < -0.3 is 19.1 Å². The first-order valence-corrected chi connectivity index (χ1v) is 6.26. The largest absolute Gasteiger partial charge is 0.491 e. The van der Waals surface area contributed by atoms with Gasteiger partial charge in [0.2, 0.25) is 0 Å². The van der Waals surface area contributed by atoms with E-state index in [0.29, 0.717) is 13.2 Å². The van der Waals surface area contributed by atoms with E-state index in [1.807, 2.05) is 35.0 Å². The van der Waals surface area contributed by atoms with Gasteiger partial charge in [-0.15, -0.1) is 0 Å². The smallest absolute Gasteiger partial charge is 0.305 e. The van der Waals surface area contributed by atoms with E-state index in [9.17, 15) is 4.79 Å². The standard InChI is InChI=1S/C14H16N2O4/c17-14(18)4-7-19-8-9-20-13-3-1-2-12(10-13)16-6-5-15-11-16/h1-3,5-6,10-11H,4,7-9H2,(H,17,18). The summed E-state index contributed by atoms with van der Waals surface area (Å²) in [7, 11) is 0. The Kier molecular flexibility index (Phi) is 5.14. The summed E-state index contributed by atoms with van der Waals surface area (Å²) < 4.78 is 12.6. The van der Waals surface area contributed by atoms with Crippen LogP contribution in [0, 0.1) is 0 Å². The normalized spacial score (nSPS) is 10.4. The second-order valence-electron chi connectivity index (χ2n) is 4.07. The first-order valence-electron chi connectivity index (χ1n) is 6.26. The van der Waals surface area contributed by atoms with E-state index in [-0.39, 0.29) is 13.0 Å². The van der Waals surface area contributed by atoms with Crippen molar-refractivity contribution in [1.29, 1.82) is 0 Å². The number of carbonyl (C=O) groups is 1. The van der Waals surface area contributed by atoms with Gasteiger partial charge in [-0.2, -0.15) is 0 Å². The summed E-state index contributed by atoms with van der Waals surface area (Å²) in [5, 5.41) is 8.45. The van der Waals surface area contributed by atoms with Crippen LogP contribution in [-0.4, -0.2) is 40.4 Å². The predicted octanol–water partition coefficient (Wildman–Crippen LogP) is 1.74. The highest BCUT2D eigenvalue weighted by Crippen LogP contribution is 2.16. The van der Waals surface area contributed by atoms with Crippen molar-refractivity contribution >= 4 is 5.97 Å². The van der Waals surface area contributed by atoms with Crippen molar-refractivity contribution < 1.29 is 19.4 Å². The van der Waals surface area contributed by atoms with Gasteiger partial charge in [-0.05, 0) is 12.1 Å². The number of imidazole rings is 1. The minimum atomic E-state index is -0.862. The lowest BCUT2D eigenvalue weighted by atomic mass is 10.3. The summed E-state index contributed by atoms with van der Waals surface area (Å²) in [5.74, 6) is -0.128. The van der Waals surface area contributed by atoms with Crippen molar-refractivity contribution in [2.45, 2.75) is 6.42 Å². The maximum Gasteiger partial charge on any atom is 0.305 e. The van der Waals surface area contributed by atoms with Crippen molar-refractivity contribution in [3.8, 4) is 11.4 Å². The first kappa shape index (κ1) is 14.1. The van der Waals surface area contributed by atoms with Crippen LogP contribution in [-0.2, 0) is 9.53 Å². The van der Waals surface area contributed by atoms with E-state index in [4.69, 9.17) is 14.6 Å². The van der Waals surface area contributed by atoms with Crippen LogP contribution in [0.5, 0.6) is 5.75 Å². The summed E-state index contributed by atoms with van der Waals surface area (Å²) in [6.45, 7) is 0.948. The number of carboxylic acid groups (broad SMARTS) is 1. The quantitative estimate of drug-likeness (QED) is 0.743. The minimum Gasteiger partial charge on any atom is -0.491 e. The molecule has 1 aromatic heterocycles. The van der Waals surface area contributed by atoms with Gasteiger partial charge >= 0.3 is 5.97 Å². The van der Waals surface area contributed by atoms with Gasteiger partial charge in [0, 0.05) is 18.5 Å². The average Bonchev–Trinajstić information content (AvgIpc) is 2.97.